The van der Waals surface area contributed by atoms with Crippen LogP contribution in [0.15, 0.2) is 41.2 Å². The van der Waals surface area contributed by atoms with E-state index in [1.165, 1.54) is 6.07 Å². The summed E-state index contributed by atoms with van der Waals surface area (Å²) >= 11 is 0. The number of fused-ring (bicyclic) bond motifs is 1. The van der Waals surface area contributed by atoms with Crippen molar-refractivity contribution in [2.75, 3.05) is 25.1 Å². The number of nitrogens with zero attached hydrogens (tertiary/aromatic N) is 6. The first-order valence-electron chi connectivity index (χ1n) is 11.5. The van der Waals surface area contributed by atoms with Crippen LogP contribution in [0.25, 0.3) is 22.6 Å². The standard InChI is InChI=1S/C25H26FN7O2/c1-15-24(16(2)35-32-15)20-12-23(33-13-21-22(14-33)29-9-8-28-21)31-25(30-20)18-11-17(5-6-19(18)26)34-10-4-7-27-3/h5-6,8-9,11-12,27H,4,7,10,13-14H2,1-3H3. The van der Waals surface area contributed by atoms with E-state index < -0.39 is 5.82 Å². The maximum Gasteiger partial charge on any atom is 0.165 e. The fourth-order valence-electron chi connectivity index (χ4n) is 4.14. The van der Waals surface area contributed by atoms with E-state index in [9.17, 15) is 0 Å². The highest BCUT2D eigenvalue weighted by atomic mass is 19.1. The van der Waals surface area contributed by atoms with E-state index >= 15 is 4.39 Å². The van der Waals surface area contributed by atoms with Gasteiger partial charge >= 0.3 is 0 Å². The van der Waals surface area contributed by atoms with Crippen molar-refractivity contribution in [1.82, 2.24) is 30.4 Å². The maximum absolute atomic E-state index is 15.0. The minimum atomic E-state index is -0.428. The van der Waals surface area contributed by atoms with Gasteiger partial charge in [0.15, 0.2) is 5.82 Å². The number of hydrogen-bond donors (Lipinski definition) is 1. The third-order valence-electron chi connectivity index (χ3n) is 5.89. The quantitative estimate of drug-likeness (QED) is 0.381. The SMILES string of the molecule is CNCCCOc1ccc(F)c(-c2nc(-c3c(C)noc3C)cc(N3Cc4nccnc4C3)n2)c1. The molecule has 0 aliphatic carbocycles. The molecule has 0 fully saturated rings. The Bertz CT molecular complexity index is 1310. The highest BCUT2D eigenvalue weighted by molar-refractivity contribution is 5.71. The zero-order chi connectivity index (χ0) is 24.4. The Kier molecular flexibility index (Phi) is 6.37. The molecule has 1 aliphatic heterocycles. The van der Waals surface area contributed by atoms with Crippen molar-refractivity contribution in [3.8, 4) is 28.4 Å². The predicted molar refractivity (Wildman–Crippen MR) is 128 cm³/mol. The van der Waals surface area contributed by atoms with Crippen LogP contribution in [0, 0.1) is 19.7 Å². The molecule has 0 atom stereocenters. The van der Waals surface area contributed by atoms with Gasteiger partial charge in [0.2, 0.25) is 0 Å². The molecule has 180 valence electrons. The van der Waals surface area contributed by atoms with Crippen LogP contribution in [0.4, 0.5) is 10.2 Å². The van der Waals surface area contributed by atoms with Gasteiger partial charge in [-0.2, -0.15) is 0 Å². The second-order valence-electron chi connectivity index (χ2n) is 8.39. The fourth-order valence-corrected chi connectivity index (χ4v) is 4.14. The summed E-state index contributed by atoms with van der Waals surface area (Å²) in [6, 6.07) is 6.52. The molecular weight excluding hydrogens is 449 g/mol. The van der Waals surface area contributed by atoms with Gasteiger partial charge in [-0.15, -0.1) is 0 Å². The van der Waals surface area contributed by atoms with Crippen LogP contribution in [0.5, 0.6) is 5.75 Å². The van der Waals surface area contributed by atoms with Crippen molar-refractivity contribution in [2.24, 2.45) is 0 Å². The molecule has 0 amide bonds. The second kappa shape index (κ2) is 9.75. The third-order valence-corrected chi connectivity index (χ3v) is 5.89. The van der Waals surface area contributed by atoms with E-state index in [4.69, 9.17) is 19.2 Å². The Morgan fingerprint density at radius 2 is 1.86 bits per heavy atom. The molecule has 1 aliphatic rings. The number of anilines is 1. The van der Waals surface area contributed by atoms with E-state index in [1.54, 1.807) is 24.5 Å². The number of aromatic nitrogens is 5. The van der Waals surface area contributed by atoms with E-state index in [0.717, 1.165) is 29.9 Å². The van der Waals surface area contributed by atoms with E-state index in [-0.39, 0.29) is 11.4 Å². The smallest absolute Gasteiger partial charge is 0.165 e. The first-order chi connectivity index (χ1) is 17.0. The summed E-state index contributed by atoms with van der Waals surface area (Å²) in [4.78, 5) is 20.4. The van der Waals surface area contributed by atoms with Crippen molar-refractivity contribution in [2.45, 2.75) is 33.4 Å². The van der Waals surface area contributed by atoms with Gasteiger partial charge < -0.3 is 19.5 Å². The lowest BCUT2D eigenvalue weighted by atomic mass is 10.1. The molecule has 4 aromatic rings. The average molecular weight is 476 g/mol. The molecule has 3 aromatic heterocycles. The van der Waals surface area contributed by atoms with Gasteiger partial charge in [-0.05, 0) is 52.1 Å². The van der Waals surface area contributed by atoms with Crippen LogP contribution in [0.2, 0.25) is 0 Å². The monoisotopic (exact) mass is 475 g/mol. The summed E-state index contributed by atoms with van der Waals surface area (Å²) in [6.45, 7) is 6.14. The molecule has 0 saturated heterocycles. The van der Waals surface area contributed by atoms with Gasteiger partial charge in [0.05, 0.1) is 53.6 Å². The molecular formula is C25H26FN7O2. The lowest BCUT2D eigenvalue weighted by Crippen LogP contribution is -2.17. The minimum Gasteiger partial charge on any atom is -0.494 e. The van der Waals surface area contributed by atoms with Gasteiger partial charge in [-0.25, -0.2) is 14.4 Å². The molecule has 1 aromatic carbocycles. The number of hydrogen-bond acceptors (Lipinski definition) is 9. The van der Waals surface area contributed by atoms with Crippen molar-refractivity contribution in [1.29, 1.82) is 0 Å². The summed E-state index contributed by atoms with van der Waals surface area (Å²) in [6.07, 6.45) is 4.20. The summed E-state index contributed by atoms with van der Waals surface area (Å²) in [5.41, 5.74) is 4.14. The van der Waals surface area contributed by atoms with E-state index in [1.807, 2.05) is 31.9 Å². The van der Waals surface area contributed by atoms with Crippen LogP contribution in [0.3, 0.4) is 0 Å². The van der Waals surface area contributed by atoms with Gasteiger partial charge in [-0.3, -0.25) is 9.97 Å². The predicted octanol–water partition coefficient (Wildman–Crippen LogP) is 3.85. The van der Waals surface area contributed by atoms with Crippen molar-refractivity contribution < 1.29 is 13.7 Å². The largest absolute Gasteiger partial charge is 0.494 e. The molecule has 0 saturated carbocycles. The minimum absolute atomic E-state index is 0.257. The number of ether oxygens (including phenoxy) is 1. The molecule has 0 spiro atoms. The van der Waals surface area contributed by atoms with Crippen molar-refractivity contribution in [3.63, 3.8) is 0 Å². The molecule has 4 heterocycles. The summed E-state index contributed by atoms with van der Waals surface area (Å²) in [5, 5.41) is 7.15. The third kappa shape index (κ3) is 4.69. The topological polar surface area (TPSA) is 102 Å². The Hall–Kier alpha value is -3.92. The first kappa shape index (κ1) is 22.9. The van der Waals surface area contributed by atoms with Crippen LogP contribution >= 0.6 is 0 Å². The van der Waals surface area contributed by atoms with Gasteiger partial charge in [0.1, 0.15) is 23.1 Å². The number of aryl methyl sites for hydroxylation is 2. The lowest BCUT2D eigenvalue weighted by Gasteiger charge is -2.18. The Morgan fingerprint density at radius 1 is 1.09 bits per heavy atom. The highest BCUT2D eigenvalue weighted by Gasteiger charge is 2.25. The normalized spacial score (nSPS) is 12.7. The summed E-state index contributed by atoms with van der Waals surface area (Å²) in [5.74, 6) is 1.67. The van der Waals surface area contributed by atoms with E-state index in [2.05, 4.69) is 20.4 Å². The van der Waals surface area contributed by atoms with Gasteiger partial charge in [-0.1, -0.05) is 5.16 Å². The molecule has 35 heavy (non-hydrogen) atoms. The first-order valence-corrected chi connectivity index (χ1v) is 11.5. The summed E-state index contributed by atoms with van der Waals surface area (Å²) in [7, 11) is 1.89. The Balaban J connectivity index is 1.56. The molecule has 5 rings (SSSR count). The van der Waals surface area contributed by atoms with E-state index in [0.29, 0.717) is 48.4 Å². The molecule has 1 N–H and O–H groups in total. The molecule has 0 unspecified atom stereocenters. The number of nitrogens with one attached hydrogen (secondary N) is 1. The molecule has 0 bridgehead atoms. The van der Waals surface area contributed by atoms with Gasteiger partial charge in [0, 0.05) is 18.5 Å². The number of benzene rings is 1. The second-order valence-corrected chi connectivity index (χ2v) is 8.39. The molecule has 9 nitrogen and oxygen atoms in total. The van der Waals surface area contributed by atoms with Crippen LogP contribution in [-0.2, 0) is 13.1 Å². The summed E-state index contributed by atoms with van der Waals surface area (Å²) < 4.78 is 26.2. The van der Waals surface area contributed by atoms with Gasteiger partial charge in [0.25, 0.3) is 0 Å². The lowest BCUT2D eigenvalue weighted by molar-refractivity contribution is 0.309. The molecule has 0 radical (unpaired) electrons. The van der Waals surface area contributed by atoms with Crippen LogP contribution < -0.4 is 15.0 Å². The molecule has 10 heteroatoms. The van der Waals surface area contributed by atoms with Crippen LogP contribution in [0.1, 0.15) is 29.3 Å². The van der Waals surface area contributed by atoms with Crippen molar-refractivity contribution >= 4 is 5.82 Å². The number of halogens is 1. The number of rotatable bonds is 8. The zero-order valence-corrected chi connectivity index (χ0v) is 19.9. The fraction of sp³-hybridized carbons (Fsp3) is 0.320. The van der Waals surface area contributed by atoms with Crippen molar-refractivity contribution in [3.05, 3.63) is 65.3 Å². The maximum atomic E-state index is 15.0. The zero-order valence-electron chi connectivity index (χ0n) is 19.9. The Labute approximate surface area is 202 Å². The Morgan fingerprint density at radius 3 is 2.54 bits per heavy atom. The highest BCUT2D eigenvalue weighted by Crippen LogP contribution is 2.34. The average Bonchev–Trinajstić information content (AvgIpc) is 3.45. The van der Waals surface area contributed by atoms with Crippen LogP contribution in [-0.4, -0.2) is 45.3 Å².